The van der Waals surface area contributed by atoms with Crippen molar-refractivity contribution in [1.29, 1.82) is 0 Å². The molecule has 0 spiro atoms. The summed E-state index contributed by atoms with van der Waals surface area (Å²) in [6.07, 6.45) is 3.22. The number of halogens is 1. The molecule has 5 N–H and O–H groups in total. The molecule has 0 aliphatic rings. The van der Waals surface area contributed by atoms with E-state index in [1.54, 1.807) is 16.8 Å². The van der Waals surface area contributed by atoms with Crippen LogP contribution in [0, 0.1) is 5.82 Å². The first-order valence-corrected chi connectivity index (χ1v) is 15.4. The highest BCUT2D eigenvalue weighted by atomic mass is 32.2. The highest BCUT2D eigenvalue weighted by Crippen LogP contribution is 2.25. The number of nitrogens with two attached hydrogens (primary N) is 1. The molecule has 0 radical (unpaired) electrons. The summed E-state index contributed by atoms with van der Waals surface area (Å²) in [5, 5.41) is 8.01. The van der Waals surface area contributed by atoms with Crippen molar-refractivity contribution < 1.29 is 35.1 Å². The highest BCUT2D eigenvalue weighted by Gasteiger charge is 2.11. The summed E-state index contributed by atoms with van der Waals surface area (Å²) in [6.45, 7) is 4.34. The third-order valence-corrected chi connectivity index (χ3v) is 4.74. The Bertz CT molecular complexity index is 1560. The molecular formula is C25H32FN5O7S2. The summed E-state index contributed by atoms with van der Waals surface area (Å²) in [4.78, 5) is 4.44. The van der Waals surface area contributed by atoms with E-state index in [9.17, 15) is 21.2 Å². The van der Waals surface area contributed by atoms with E-state index >= 15 is 0 Å². The fourth-order valence-corrected chi connectivity index (χ4v) is 3.18. The normalized spacial score (nSPS) is 12.8. The Kier molecular flexibility index (Phi) is 11.5. The van der Waals surface area contributed by atoms with Crippen LogP contribution in [0.15, 0.2) is 66.9 Å². The maximum Gasteiger partial charge on any atom is 0.261 e. The topological polar surface area (TPSA) is 186 Å². The first-order chi connectivity index (χ1) is 18.5. The molecule has 0 aliphatic carbocycles. The third-order valence-electron chi connectivity index (χ3n) is 4.74. The zero-order chi connectivity index (χ0) is 30.1. The lowest BCUT2D eigenvalue weighted by Gasteiger charge is -2.15. The van der Waals surface area contributed by atoms with Crippen LogP contribution in [0.5, 0.6) is 5.75 Å². The quantitative estimate of drug-likeness (QED) is 0.229. The Hall–Kier alpha value is -3.63. The minimum absolute atomic E-state index is 0.0201. The van der Waals surface area contributed by atoms with Crippen molar-refractivity contribution in [2.75, 3.05) is 24.4 Å². The molecule has 4 rings (SSSR count). The van der Waals surface area contributed by atoms with Crippen LogP contribution < -0.4 is 15.8 Å². The van der Waals surface area contributed by atoms with Crippen molar-refractivity contribution in [3.63, 3.8) is 0 Å². The van der Waals surface area contributed by atoms with Crippen molar-refractivity contribution in [2.45, 2.75) is 25.9 Å². The van der Waals surface area contributed by atoms with Gasteiger partial charge in [-0.1, -0.05) is 12.1 Å². The van der Waals surface area contributed by atoms with E-state index in [2.05, 4.69) is 15.4 Å². The minimum atomic E-state index is -3.67. The molecule has 0 amide bonds. The predicted molar refractivity (Wildman–Crippen MR) is 151 cm³/mol. The average molecular weight is 598 g/mol. The number of hydrogen-bond donors (Lipinski definition) is 4. The predicted octanol–water partition coefficient (Wildman–Crippen LogP) is 3.44. The maximum absolute atomic E-state index is 13.5. The first-order valence-electron chi connectivity index (χ1n) is 11.7. The molecule has 12 nitrogen and oxygen atoms in total. The molecule has 2 heterocycles. The number of nitrogens with one attached hydrogen (secondary N) is 1. The third kappa shape index (κ3) is 12.5. The maximum atomic E-state index is 13.5. The summed E-state index contributed by atoms with van der Waals surface area (Å²) in [5.74, 6) is 1.19. The second kappa shape index (κ2) is 14.1. The molecule has 0 saturated carbocycles. The van der Waals surface area contributed by atoms with Gasteiger partial charge in [0.15, 0.2) is 5.65 Å². The fourth-order valence-electron chi connectivity index (χ4n) is 3.18. The molecule has 2 atom stereocenters. The summed E-state index contributed by atoms with van der Waals surface area (Å²) >= 11 is 0. The van der Waals surface area contributed by atoms with E-state index in [1.807, 2.05) is 56.3 Å². The van der Waals surface area contributed by atoms with Crippen LogP contribution in [0.1, 0.15) is 25.5 Å². The standard InChI is InChI=1S/C23H24FN5O.2CH4O3S/c1-15(25)14-30-20-8-6-17(7-9-20)21-13-26-23-11-10-22(28-29(21)23)27-16(2)18-4-3-5-19(24)12-18;2*1-5(2,3)4/h3-13,15-16H,14,25H2,1-2H3,(H,27,28);2*1H3,(H,2,3,4)/t15-,16-;;/m1../s1. The van der Waals surface area contributed by atoms with Crippen LogP contribution in [0.4, 0.5) is 10.2 Å². The van der Waals surface area contributed by atoms with Gasteiger partial charge in [0.1, 0.15) is 24.0 Å². The number of fused-ring (bicyclic) bond motifs is 1. The molecule has 0 saturated heterocycles. The van der Waals surface area contributed by atoms with E-state index < -0.39 is 20.2 Å². The Morgan fingerprint density at radius 2 is 1.60 bits per heavy atom. The lowest BCUT2D eigenvalue weighted by Crippen LogP contribution is -2.23. The van der Waals surface area contributed by atoms with Gasteiger partial charge in [0.05, 0.1) is 30.4 Å². The molecule has 15 heteroatoms. The number of hydrogen-bond acceptors (Lipinski definition) is 9. The monoisotopic (exact) mass is 597 g/mol. The number of imidazole rings is 1. The van der Waals surface area contributed by atoms with E-state index in [4.69, 9.17) is 19.6 Å². The van der Waals surface area contributed by atoms with Gasteiger partial charge < -0.3 is 15.8 Å². The fraction of sp³-hybridized carbons (Fsp3) is 0.280. The Morgan fingerprint density at radius 1 is 1.00 bits per heavy atom. The number of benzene rings is 2. The van der Waals surface area contributed by atoms with Gasteiger partial charge >= 0.3 is 0 Å². The Labute approximate surface area is 232 Å². The molecule has 0 aliphatic heterocycles. The summed E-state index contributed by atoms with van der Waals surface area (Å²) in [6, 6.07) is 18.0. The van der Waals surface area contributed by atoms with Crippen molar-refractivity contribution in [3.05, 3.63) is 78.2 Å². The van der Waals surface area contributed by atoms with E-state index in [0.717, 1.165) is 28.2 Å². The molecule has 218 valence electrons. The molecule has 2 aromatic carbocycles. The lowest BCUT2D eigenvalue weighted by atomic mass is 10.1. The summed E-state index contributed by atoms with van der Waals surface area (Å²) in [7, 11) is -7.33. The van der Waals surface area contributed by atoms with Crippen molar-refractivity contribution in [2.24, 2.45) is 5.73 Å². The SMILES string of the molecule is CS(=O)(=O)O.CS(=O)(=O)O.C[C@@H](N)COc1ccc(-c2cnc3ccc(N[C@H](C)c4cccc(F)c4)nn23)cc1. The van der Waals surface area contributed by atoms with Gasteiger partial charge in [-0.15, -0.1) is 5.10 Å². The number of nitrogens with zero attached hydrogens (tertiary/aromatic N) is 3. The molecule has 4 aromatic rings. The zero-order valence-electron chi connectivity index (χ0n) is 22.3. The van der Waals surface area contributed by atoms with Crippen LogP contribution in [-0.2, 0) is 20.2 Å². The average Bonchev–Trinajstić information content (AvgIpc) is 3.24. The van der Waals surface area contributed by atoms with Crippen molar-refractivity contribution in [1.82, 2.24) is 14.6 Å². The van der Waals surface area contributed by atoms with Gasteiger partial charge in [-0.2, -0.15) is 16.8 Å². The molecule has 40 heavy (non-hydrogen) atoms. The molecule has 0 bridgehead atoms. The van der Waals surface area contributed by atoms with Gasteiger partial charge in [-0.3, -0.25) is 9.11 Å². The highest BCUT2D eigenvalue weighted by molar-refractivity contribution is 7.85. The lowest BCUT2D eigenvalue weighted by molar-refractivity contribution is 0.296. The van der Waals surface area contributed by atoms with Gasteiger partial charge in [0.2, 0.25) is 0 Å². The van der Waals surface area contributed by atoms with Crippen LogP contribution in [0.3, 0.4) is 0 Å². The number of aromatic nitrogens is 3. The Morgan fingerprint density at radius 3 is 2.15 bits per heavy atom. The largest absolute Gasteiger partial charge is 0.492 e. The zero-order valence-corrected chi connectivity index (χ0v) is 23.9. The van der Waals surface area contributed by atoms with Gasteiger partial charge in [-0.05, 0) is 67.9 Å². The number of anilines is 1. The Balaban J connectivity index is 0.000000482. The molecule has 0 unspecified atom stereocenters. The summed E-state index contributed by atoms with van der Waals surface area (Å²) < 4.78 is 72.7. The van der Waals surface area contributed by atoms with Crippen LogP contribution in [0.2, 0.25) is 0 Å². The molecule has 0 fully saturated rings. The van der Waals surface area contributed by atoms with Crippen molar-refractivity contribution >= 4 is 31.7 Å². The van der Waals surface area contributed by atoms with Gasteiger partial charge in [0, 0.05) is 11.6 Å². The second-order valence-corrected chi connectivity index (χ2v) is 11.8. The van der Waals surface area contributed by atoms with E-state index in [0.29, 0.717) is 24.9 Å². The smallest absolute Gasteiger partial charge is 0.261 e. The first kappa shape index (κ1) is 32.6. The number of rotatable bonds is 7. The van der Waals surface area contributed by atoms with E-state index in [1.165, 1.54) is 12.1 Å². The molecule has 2 aromatic heterocycles. The summed E-state index contributed by atoms with van der Waals surface area (Å²) in [5.41, 5.74) is 9.16. The van der Waals surface area contributed by atoms with Crippen LogP contribution >= 0.6 is 0 Å². The van der Waals surface area contributed by atoms with Crippen LogP contribution in [-0.4, -0.2) is 65.7 Å². The van der Waals surface area contributed by atoms with Crippen LogP contribution in [0.25, 0.3) is 16.9 Å². The second-order valence-electron chi connectivity index (χ2n) is 8.83. The van der Waals surface area contributed by atoms with Gasteiger partial charge in [-0.25, -0.2) is 13.9 Å². The minimum Gasteiger partial charge on any atom is -0.492 e. The number of ether oxygens (including phenoxy) is 1. The van der Waals surface area contributed by atoms with Gasteiger partial charge in [0.25, 0.3) is 20.2 Å². The van der Waals surface area contributed by atoms with E-state index in [-0.39, 0.29) is 17.9 Å². The molecular weight excluding hydrogens is 565 g/mol. The van der Waals surface area contributed by atoms with Crippen molar-refractivity contribution in [3.8, 4) is 17.0 Å².